The minimum atomic E-state index is -0.646. The third-order valence-electron chi connectivity index (χ3n) is 7.52. The Morgan fingerprint density at radius 3 is 2.67 bits per heavy atom. The second-order valence-electron chi connectivity index (χ2n) is 12.4. The van der Waals surface area contributed by atoms with Crippen LogP contribution in [0.5, 0.6) is 0 Å². The average Bonchev–Trinajstić information content (AvgIpc) is 3.70. The molecule has 1 aromatic carbocycles. The quantitative estimate of drug-likeness (QED) is 0.277. The molecule has 0 unspecified atom stereocenters. The maximum atomic E-state index is 15.1. The molecule has 1 fully saturated rings. The number of pyridine rings is 1. The number of anilines is 2. The summed E-state index contributed by atoms with van der Waals surface area (Å²) in [6.45, 7) is 11.5. The van der Waals surface area contributed by atoms with Crippen LogP contribution in [0.3, 0.4) is 0 Å². The molecule has 4 aromatic rings. The Hall–Kier alpha value is -4.19. The molecule has 0 spiro atoms. The lowest BCUT2D eigenvalue weighted by atomic mass is 10.1. The van der Waals surface area contributed by atoms with Crippen LogP contribution < -0.4 is 10.6 Å². The van der Waals surface area contributed by atoms with Crippen molar-refractivity contribution in [1.29, 1.82) is 0 Å². The molecule has 4 heterocycles. The van der Waals surface area contributed by atoms with Crippen LogP contribution >= 0.6 is 0 Å². The summed E-state index contributed by atoms with van der Waals surface area (Å²) >= 11 is 0. The number of nitrogens with one attached hydrogen (secondary N) is 2. The molecular weight excluding hydrogens is 554 g/mol. The number of nitrogens with zero attached hydrogens (tertiary/aromatic N) is 6. The van der Waals surface area contributed by atoms with Crippen molar-refractivity contribution in [2.45, 2.75) is 78.1 Å². The first-order chi connectivity index (χ1) is 20.4. The predicted octanol–water partition coefficient (Wildman–Crippen LogP) is 5.82. The number of amides is 1. The Balaban J connectivity index is 1.15. The van der Waals surface area contributed by atoms with E-state index in [1.165, 1.54) is 6.07 Å². The third kappa shape index (κ3) is 6.43. The molecular formula is C31H36F2N8O2. The maximum absolute atomic E-state index is 15.1. The van der Waals surface area contributed by atoms with Crippen molar-refractivity contribution < 1.29 is 18.3 Å². The largest absolute Gasteiger partial charge is 0.444 e. The molecule has 1 saturated carbocycles. The average molecular weight is 591 g/mol. The van der Waals surface area contributed by atoms with E-state index in [2.05, 4.69) is 30.5 Å². The van der Waals surface area contributed by atoms with Crippen molar-refractivity contribution in [2.24, 2.45) is 0 Å². The summed E-state index contributed by atoms with van der Waals surface area (Å²) in [6.07, 6.45) is 3.42. The van der Waals surface area contributed by atoms with Gasteiger partial charge in [-0.3, -0.25) is 4.90 Å². The molecule has 226 valence electrons. The number of halogens is 2. The van der Waals surface area contributed by atoms with Gasteiger partial charge in [-0.25, -0.2) is 33.5 Å². The molecule has 2 N–H and O–H groups in total. The molecule has 0 radical (unpaired) electrons. The van der Waals surface area contributed by atoms with Gasteiger partial charge in [0.15, 0.2) is 11.6 Å². The minimum Gasteiger partial charge on any atom is -0.444 e. The van der Waals surface area contributed by atoms with Gasteiger partial charge in [0.05, 0.1) is 11.7 Å². The molecule has 1 aliphatic heterocycles. The lowest BCUT2D eigenvalue weighted by Crippen LogP contribution is -2.45. The molecule has 43 heavy (non-hydrogen) atoms. The molecule has 6 rings (SSSR count). The predicted molar refractivity (Wildman–Crippen MR) is 159 cm³/mol. The fraction of sp³-hybridized carbons (Fsp3) is 0.452. The summed E-state index contributed by atoms with van der Waals surface area (Å²) in [4.78, 5) is 32.0. The number of hydrogen-bond acceptors (Lipinski definition) is 8. The Morgan fingerprint density at radius 1 is 1.14 bits per heavy atom. The highest BCUT2D eigenvalue weighted by Crippen LogP contribution is 2.40. The van der Waals surface area contributed by atoms with Crippen molar-refractivity contribution in [3.05, 3.63) is 59.2 Å². The van der Waals surface area contributed by atoms with Gasteiger partial charge in [-0.2, -0.15) is 0 Å². The number of hydrogen-bond donors (Lipinski definition) is 2. The van der Waals surface area contributed by atoms with Crippen LogP contribution in [0.15, 0.2) is 30.5 Å². The Morgan fingerprint density at radius 2 is 1.93 bits per heavy atom. The fourth-order valence-electron chi connectivity index (χ4n) is 5.59. The number of imidazole rings is 1. The summed E-state index contributed by atoms with van der Waals surface area (Å²) in [5, 5.41) is 5.98. The number of rotatable bonds is 7. The Kier molecular flexibility index (Phi) is 7.49. The van der Waals surface area contributed by atoms with Crippen LogP contribution in [0.2, 0.25) is 0 Å². The zero-order chi connectivity index (χ0) is 30.5. The van der Waals surface area contributed by atoms with E-state index in [-0.39, 0.29) is 23.2 Å². The van der Waals surface area contributed by atoms with Crippen molar-refractivity contribution in [3.63, 3.8) is 0 Å². The lowest BCUT2D eigenvalue weighted by molar-refractivity contribution is 0.0495. The molecule has 0 saturated heterocycles. The highest BCUT2D eigenvalue weighted by atomic mass is 19.1. The maximum Gasteiger partial charge on any atom is 0.407 e. The van der Waals surface area contributed by atoms with Gasteiger partial charge in [-0.05, 0) is 71.2 Å². The van der Waals surface area contributed by atoms with Gasteiger partial charge in [-0.1, -0.05) is 6.07 Å². The monoisotopic (exact) mass is 590 g/mol. The van der Waals surface area contributed by atoms with Gasteiger partial charge in [0.2, 0.25) is 5.95 Å². The first-order valence-corrected chi connectivity index (χ1v) is 14.6. The fourth-order valence-corrected chi connectivity index (χ4v) is 5.59. The smallest absolute Gasteiger partial charge is 0.407 e. The third-order valence-corrected chi connectivity index (χ3v) is 7.52. The second kappa shape index (κ2) is 11.1. The van der Waals surface area contributed by atoms with E-state index >= 15 is 4.39 Å². The number of ether oxygens (including phenoxy) is 1. The van der Waals surface area contributed by atoms with E-state index in [0.717, 1.165) is 49.1 Å². The van der Waals surface area contributed by atoms with E-state index in [9.17, 15) is 9.18 Å². The molecule has 2 aliphatic rings. The van der Waals surface area contributed by atoms with Gasteiger partial charge in [0.25, 0.3) is 0 Å². The van der Waals surface area contributed by atoms with Crippen LogP contribution in [0.4, 0.5) is 25.3 Å². The van der Waals surface area contributed by atoms with Gasteiger partial charge in [-0.15, -0.1) is 0 Å². The summed E-state index contributed by atoms with van der Waals surface area (Å²) in [5.74, 6) is 0.285. The molecule has 0 bridgehead atoms. The molecule has 10 nitrogen and oxygen atoms in total. The number of aromatic nitrogens is 5. The number of carbonyl (C=O) groups excluding carboxylic acids is 1. The standard InChI is InChI=1S/C31H36F2N8O2/c1-17(35-30(42)43-31(3,4)5)15-40-11-10-24-19(16-40)6-9-26(37-24)38-29-34-14-23(33)27(39-29)20-12-22(32)28-25(13-20)41(18(2)36-28)21-7-8-21/h6,9,12-14,17,21H,7-8,10-11,15-16H2,1-5H3,(H,35,42)(H,34,37,38,39)/t17-/m1/s1. The molecule has 1 aliphatic carbocycles. The lowest BCUT2D eigenvalue weighted by Gasteiger charge is -2.31. The minimum absolute atomic E-state index is 0.00205. The van der Waals surface area contributed by atoms with Crippen molar-refractivity contribution in [2.75, 3.05) is 18.4 Å². The van der Waals surface area contributed by atoms with Gasteiger partial charge in [0, 0.05) is 49.4 Å². The van der Waals surface area contributed by atoms with E-state index in [0.29, 0.717) is 36.0 Å². The van der Waals surface area contributed by atoms with Gasteiger partial charge >= 0.3 is 6.09 Å². The van der Waals surface area contributed by atoms with E-state index in [1.807, 2.05) is 51.3 Å². The summed E-state index contributed by atoms with van der Waals surface area (Å²) in [6, 6.07) is 7.07. The van der Waals surface area contributed by atoms with Crippen LogP contribution in [-0.2, 0) is 17.7 Å². The zero-order valence-corrected chi connectivity index (χ0v) is 25.0. The van der Waals surface area contributed by atoms with Crippen LogP contribution in [0.25, 0.3) is 22.3 Å². The number of aryl methyl sites for hydroxylation is 1. The van der Waals surface area contributed by atoms with Gasteiger partial charge in [0.1, 0.15) is 28.5 Å². The van der Waals surface area contributed by atoms with Crippen molar-refractivity contribution in [1.82, 2.24) is 34.7 Å². The molecule has 1 atom stereocenters. The molecule has 3 aromatic heterocycles. The number of benzene rings is 1. The second-order valence-corrected chi connectivity index (χ2v) is 12.4. The van der Waals surface area contributed by atoms with Crippen LogP contribution in [0.1, 0.15) is 63.7 Å². The first kappa shape index (κ1) is 28.9. The van der Waals surface area contributed by atoms with E-state index in [1.54, 1.807) is 6.07 Å². The SMILES string of the molecule is Cc1nc2c(F)cc(-c3nc(Nc4ccc5c(n4)CCN(C[C@@H](C)NC(=O)OC(C)(C)C)C5)ncc3F)cc2n1C1CC1. The highest BCUT2D eigenvalue weighted by Gasteiger charge is 2.28. The van der Waals surface area contributed by atoms with Gasteiger partial charge < -0.3 is 19.9 Å². The summed E-state index contributed by atoms with van der Waals surface area (Å²) < 4.78 is 37.4. The zero-order valence-electron chi connectivity index (χ0n) is 25.0. The topological polar surface area (TPSA) is 110 Å². The van der Waals surface area contributed by atoms with Crippen molar-refractivity contribution in [3.8, 4) is 11.3 Å². The van der Waals surface area contributed by atoms with Crippen LogP contribution in [0, 0.1) is 18.6 Å². The first-order valence-electron chi connectivity index (χ1n) is 14.6. The number of carbonyl (C=O) groups is 1. The Bertz CT molecular complexity index is 1700. The normalized spacial score (nSPS) is 16.2. The van der Waals surface area contributed by atoms with Crippen LogP contribution in [-0.4, -0.2) is 60.2 Å². The number of fused-ring (bicyclic) bond motifs is 2. The molecule has 12 heteroatoms. The molecule has 1 amide bonds. The highest BCUT2D eigenvalue weighted by molar-refractivity contribution is 5.83. The summed E-state index contributed by atoms with van der Waals surface area (Å²) in [5.41, 5.74) is 2.75. The van der Waals surface area contributed by atoms with E-state index < -0.39 is 23.3 Å². The summed E-state index contributed by atoms with van der Waals surface area (Å²) in [7, 11) is 0. The Labute approximate surface area is 248 Å². The van der Waals surface area contributed by atoms with E-state index in [4.69, 9.17) is 9.72 Å². The van der Waals surface area contributed by atoms with Crippen molar-refractivity contribution >= 4 is 28.9 Å². The number of alkyl carbamates (subject to hydrolysis) is 1.